The number of hydrogen-bond donors (Lipinski definition) is 2. The monoisotopic (exact) mass is 252 g/mol. The molecule has 0 atom stereocenters. The summed E-state index contributed by atoms with van der Waals surface area (Å²) in [6.45, 7) is 1.08. The van der Waals surface area contributed by atoms with Crippen molar-refractivity contribution in [3.63, 3.8) is 0 Å². The first-order chi connectivity index (χ1) is 8.58. The van der Waals surface area contributed by atoms with E-state index < -0.39 is 5.97 Å². The number of rotatable bonds is 2. The molecule has 1 aliphatic rings. The van der Waals surface area contributed by atoms with Gasteiger partial charge in [-0.2, -0.15) is 0 Å². The Morgan fingerprint density at radius 1 is 1.44 bits per heavy atom. The highest BCUT2D eigenvalue weighted by atomic mass is 16.5. The predicted octanol–water partition coefficient (Wildman–Crippen LogP) is 1.82. The lowest BCUT2D eigenvalue weighted by molar-refractivity contribution is -0.134. The van der Waals surface area contributed by atoms with Gasteiger partial charge in [-0.1, -0.05) is 0 Å². The zero-order valence-corrected chi connectivity index (χ0v) is 10.6. The highest BCUT2D eigenvalue weighted by molar-refractivity contribution is 5.62. The molecule has 0 aromatic carbocycles. The van der Waals surface area contributed by atoms with Crippen LogP contribution in [-0.2, 0) is 4.79 Å². The number of carbonyl (C=O) groups is 1. The summed E-state index contributed by atoms with van der Waals surface area (Å²) in [6, 6.07) is 4.22. The normalized spacial score (nSPS) is 22.6. The highest BCUT2D eigenvalue weighted by Crippen LogP contribution is 2.21. The van der Waals surface area contributed by atoms with Crippen LogP contribution in [0, 0.1) is 0 Å². The fourth-order valence-electron chi connectivity index (χ4n) is 1.82. The molecule has 18 heavy (non-hydrogen) atoms. The Morgan fingerprint density at radius 3 is 2.56 bits per heavy atom. The second-order valence-corrected chi connectivity index (χ2v) is 4.36. The highest BCUT2D eigenvalue weighted by Gasteiger charge is 2.19. The molecule has 0 bridgehead atoms. The van der Waals surface area contributed by atoms with E-state index in [1.807, 2.05) is 12.1 Å². The number of aliphatic carboxylic acids is 1. The molecule has 2 rings (SSSR count). The van der Waals surface area contributed by atoms with E-state index in [1.54, 1.807) is 12.4 Å². The Bertz CT molecular complexity index is 345. The summed E-state index contributed by atoms with van der Waals surface area (Å²) in [5.74, 6) is 0.0352. The maximum Gasteiger partial charge on any atom is 0.300 e. The van der Waals surface area contributed by atoms with Gasteiger partial charge in [0.05, 0.1) is 12.3 Å². The van der Waals surface area contributed by atoms with E-state index in [0.29, 0.717) is 12.1 Å². The number of ether oxygens (including phenoxy) is 1. The fourth-order valence-corrected chi connectivity index (χ4v) is 1.82. The molecule has 1 aromatic rings. The fraction of sp³-hybridized carbons (Fsp3) is 0.538. The summed E-state index contributed by atoms with van der Waals surface area (Å²) in [7, 11) is 0. The molecule has 0 radical (unpaired) electrons. The van der Waals surface area contributed by atoms with Crippen molar-refractivity contribution in [2.24, 2.45) is 5.73 Å². The standard InChI is InChI=1S/C11H16N2O.C2H4O2/c12-9-3-5-10(6-4-9)14-11-2-1-7-13-8-11;1-2(3)4/h1-2,7-10H,3-6,12H2;1H3,(H,3,4). The Kier molecular flexibility index (Phi) is 6.14. The van der Waals surface area contributed by atoms with Crippen molar-refractivity contribution >= 4 is 5.97 Å². The minimum atomic E-state index is -0.833. The van der Waals surface area contributed by atoms with Crippen LogP contribution in [0.4, 0.5) is 0 Å². The van der Waals surface area contributed by atoms with Gasteiger partial charge in [-0.15, -0.1) is 0 Å². The predicted molar refractivity (Wildman–Crippen MR) is 68.4 cm³/mol. The lowest BCUT2D eigenvalue weighted by Crippen LogP contribution is -2.31. The van der Waals surface area contributed by atoms with Crippen LogP contribution in [0.3, 0.4) is 0 Å². The molecule has 1 fully saturated rings. The third-order valence-electron chi connectivity index (χ3n) is 2.66. The maximum absolute atomic E-state index is 9.00. The van der Waals surface area contributed by atoms with Crippen molar-refractivity contribution in [3.05, 3.63) is 24.5 Å². The molecule has 0 spiro atoms. The van der Waals surface area contributed by atoms with Crippen LogP contribution in [0.25, 0.3) is 0 Å². The molecule has 5 nitrogen and oxygen atoms in total. The van der Waals surface area contributed by atoms with Crippen LogP contribution in [-0.4, -0.2) is 28.2 Å². The van der Waals surface area contributed by atoms with Gasteiger partial charge in [0.25, 0.3) is 5.97 Å². The molecule has 100 valence electrons. The van der Waals surface area contributed by atoms with Crippen LogP contribution in [0.5, 0.6) is 5.75 Å². The minimum Gasteiger partial charge on any atom is -0.489 e. The Hall–Kier alpha value is -1.62. The summed E-state index contributed by atoms with van der Waals surface area (Å²) in [5.41, 5.74) is 5.82. The molecular weight excluding hydrogens is 232 g/mol. The van der Waals surface area contributed by atoms with Gasteiger partial charge in [0, 0.05) is 19.2 Å². The van der Waals surface area contributed by atoms with Gasteiger partial charge in [0.2, 0.25) is 0 Å². The van der Waals surface area contributed by atoms with Crippen molar-refractivity contribution < 1.29 is 14.6 Å². The molecule has 1 aliphatic carbocycles. The Balaban J connectivity index is 0.000000357. The lowest BCUT2D eigenvalue weighted by Gasteiger charge is -2.26. The summed E-state index contributed by atoms with van der Waals surface area (Å²) >= 11 is 0. The number of pyridine rings is 1. The van der Waals surface area contributed by atoms with Crippen molar-refractivity contribution in [2.75, 3.05) is 0 Å². The molecule has 0 saturated heterocycles. The van der Waals surface area contributed by atoms with Crippen molar-refractivity contribution in [3.8, 4) is 5.75 Å². The zero-order chi connectivity index (χ0) is 13.4. The third-order valence-corrected chi connectivity index (χ3v) is 2.66. The van der Waals surface area contributed by atoms with Crippen molar-refractivity contribution in [1.29, 1.82) is 0 Å². The molecule has 0 amide bonds. The minimum absolute atomic E-state index is 0.332. The van der Waals surface area contributed by atoms with Crippen molar-refractivity contribution in [2.45, 2.75) is 44.8 Å². The van der Waals surface area contributed by atoms with E-state index in [4.69, 9.17) is 20.4 Å². The number of hydrogen-bond acceptors (Lipinski definition) is 4. The smallest absolute Gasteiger partial charge is 0.300 e. The van der Waals surface area contributed by atoms with E-state index in [-0.39, 0.29) is 0 Å². The molecule has 1 saturated carbocycles. The first kappa shape index (κ1) is 14.4. The summed E-state index contributed by atoms with van der Waals surface area (Å²) < 4.78 is 5.79. The first-order valence-corrected chi connectivity index (χ1v) is 6.09. The third kappa shape index (κ3) is 6.20. The molecule has 3 N–H and O–H groups in total. The van der Waals surface area contributed by atoms with Gasteiger partial charge in [-0.05, 0) is 37.8 Å². The second-order valence-electron chi connectivity index (χ2n) is 4.36. The van der Waals surface area contributed by atoms with E-state index >= 15 is 0 Å². The molecule has 0 unspecified atom stereocenters. The average Bonchev–Trinajstić information content (AvgIpc) is 2.33. The number of nitrogens with zero attached hydrogens (tertiary/aromatic N) is 1. The summed E-state index contributed by atoms with van der Waals surface area (Å²) in [5, 5.41) is 7.42. The summed E-state index contributed by atoms with van der Waals surface area (Å²) in [6.07, 6.45) is 8.12. The maximum atomic E-state index is 9.00. The van der Waals surface area contributed by atoms with Gasteiger partial charge >= 0.3 is 0 Å². The average molecular weight is 252 g/mol. The number of carboxylic acid groups (broad SMARTS) is 1. The van der Waals surface area contributed by atoms with Crippen LogP contribution >= 0.6 is 0 Å². The van der Waals surface area contributed by atoms with E-state index in [9.17, 15) is 0 Å². The van der Waals surface area contributed by atoms with Gasteiger partial charge in [-0.3, -0.25) is 9.78 Å². The van der Waals surface area contributed by atoms with E-state index in [1.165, 1.54) is 0 Å². The second kappa shape index (κ2) is 7.66. The largest absolute Gasteiger partial charge is 0.489 e. The quantitative estimate of drug-likeness (QED) is 0.838. The molecular formula is C13H20N2O3. The zero-order valence-electron chi connectivity index (χ0n) is 10.6. The number of carboxylic acids is 1. The molecule has 5 heteroatoms. The van der Waals surface area contributed by atoms with Gasteiger partial charge < -0.3 is 15.6 Å². The SMILES string of the molecule is CC(=O)O.NC1CCC(Oc2cccnc2)CC1. The van der Waals surface area contributed by atoms with E-state index in [0.717, 1.165) is 38.4 Å². The van der Waals surface area contributed by atoms with Crippen LogP contribution < -0.4 is 10.5 Å². The number of nitrogens with two attached hydrogens (primary N) is 1. The molecule has 1 aromatic heterocycles. The topological polar surface area (TPSA) is 85.4 Å². The Labute approximate surface area is 107 Å². The summed E-state index contributed by atoms with van der Waals surface area (Å²) in [4.78, 5) is 13.0. The van der Waals surface area contributed by atoms with Gasteiger partial charge in [0.1, 0.15) is 5.75 Å². The molecule has 0 aliphatic heterocycles. The van der Waals surface area contributed by atoms with Crippen LogP contribution in [0.2, 0.25) is 0 Å². The van der Waals surface area contributed by atoms with Crippen molar-refractivity contribution in [1.82, 2.24) is 4.98 Å². The van der Waals surface area contributed by atoms with Crippen LogP contribution in [0.1, 0.15) is 32.6 Å². The van der Waals surface area contributed by atoms with Gasteiger partial charge in [0.15, 0.2) is 0 Å². The number of aromatic nitrogens is 1. The molecule has 1 heterocycles. The lowest BCUT2D eigenvalue weighted by atomic mass is 9.94. The van der Waals surface area contributed by atoms with Crippen LogP contribution in [0.15, 0.2) is 24.5 Å². The Morgan fingerprint density at radius 2 is 2.06 bits per heavy atom. The van der Waals surface area contributed by atoms with Gasteiger partial charge in [-0.25, -0.2) is 0 Å². The van der Waals surface area contributed by atoms with E-state index in [2.05, 4.69) is 4.98 Å². The first-order valence-electron chi connectivity index (χ1n) is 6.09.